The molecule has 6 heteroatoms. The smallest absolute Gasteiger partial charge is 0.225 e. The molecule has 2 heterocycles. The number of nitrogens with zero attached hydrogens (tertiary/aromatic N) is 1. The van der Waals surface area contributed by atoms with Gasteiger partial charge in [-0.05, 0) is 68.6 Å². The summed E-state index contributed by atoms with van der Waals surface area (Å²) in [6.07, 6.45) is 5.40. The van der Waals surface area contributed by atoms with Gasteiger partial charge >= 0.3 is 0 Å². The number of fused-ring (bicyclic) bond motifs is 2. The Morgan fingerprint density at radius 1 is 1.15 bits per heavy atom. The highest BCUT2D eigenvalue weighted by Gasteiger charge is 2.40. The molecule has 0 spiro atoms. The lowest BCUT2D eigenvalue weighted by Crippen LogP contribution is -2.60. The summed E-state index contributed by atoms with van der Waals surface area (Å²) in [4.78, 5) is 14.7. The van der Waals surface area contributed by atoms with Crippen molar-refractivity contribution in [1.82, 2.24) is 10.2 Å². The number of piperidine rings is 2. The first-order valence-corrected chi connectivity index (χ1v) is 10.2. The Morgan fingerprint density at radius 3 is 2.27 bits per heavy atom. The number of amides is 1. The summed E-state index contributed by atoms with van der Waals surface area (Å²) in [6, 6.07) is 8.64. The summed E-state index contributed by atoms with van der Waals surface area (Å²) in [7, 11) is 0. The van der Waals surface area contributed by atoms with Crippen LogP contribution in [-0.2, 0) is 4.79 Å². The fourth-order valence-electron chi connectivity index (χ4n) is 3.95. The fourth-order valence-corrected chi connectivity index (χ4v) is 4.50. The molecule has 4 nitrogen and oxygen atoms in total. The highest BCUT2D eigenvalue weighted by atomic mass is 35.5. The topological polar surface area (TPSA) is 44.4 Å². The van der Waals surface area contributed by atoms with Gasteiger partial charge in [-0.3, -0.25) is 4.79 Å². The maximum Gasteiger partial charge on any atom is 0.225 e. The van der Waals surface area contributed by atoms with Gasteiger partial charge in [0.1, 0.15) is 0 Å². The second kappa shape index (κ2) is 7.73. The van der Waals surface area contributed by atoms with E-state index in [0.29, 0.717) is 17.1 Å². The lowest BCUT2D eigenvalue weighted by Gasteiger charge is -2.50. The second-order valence-corrected chi connectivity index (χ2v) is 9.30. The van der Waals surface area contributed by atoms with Gasteiger partial charge in [0.25, 0.3) is 0 Å². The Morgan fingerprint density at radius 2 is 1.73 bits per heavy atom. The van der Waals surface area contributed by atoms with E-state index in [0.717, 1.165) is 36.5 Å². The number of carbonyl (C=O) groups excluding carboxylic acids is 1. The van der Waals surface area contributed by atoms with Crippen LogP contribution in [0.5, 0.6) is 0 Å². The van der Waals surface area contributed by atoms with E-state index < -0.39 is 0 Å². The number of hydrogen-bond acceptors (Lipinski definition) is 2. The van der Waals surface area contributed by atoms with Crippen molar-refractivity contribution in [3.8, 4) is 0 Å². The Labute approximate surface area is 166 Å². The number of thiocarbonyl (C=S) groups is 1. The van der Waals surface area contributed by atoms with Crippen LogP contribution in [0.3, 0.4) is 0 Å². The molecule has 1 aromatic rings. The molecular weight excluding hydrogens is 366 g/mol. The highest BCUT2D eigenvalue weighted by Crippen LogP contribution is 2.35. The molecule has 2 bridgehead atoms. The molecular formula is C20H28ClN3OS. The first kappa shape index (κ1) is 19.4. The highest BCUT2D eigenvalue weighted by molar-refractivity contribution is 7.80. The molecule has 2 aliphatic rings. The van der Waals surface area contributed by atoms with Gasteiger partial charge in [0.05, 0.1) is 0 Å². The van der Waals surface area contributed by atoms with Crippen molar-refractivity contribution in [3.63, 3.8) is 0 Å². The van der Waals surface area contributed by atoms with Crippen molar-refractivity contribution >= 4 is 40.5 Å². The minimum Gasteiger partial charge on any atom is -0.353 e. The molecule has 3 rings (SSSR count). The molecule has 2 fully saturated rings. The van der Waals surface area contributed by atoms with Gasteiger partial charge in [0.2, 0.25) is 5.91 Å². The van der Waals surface area contributed by atoms with Crippen LogP contribution < -0.4 is 10.6 Å². The summed E-state index contributed by atoms with van der Waals surface area (Å²) < 4.78 is 0. The van der Waals surface area contributed by atoms with Crippen LogP contribution in [0.25, 0.3) is 0 Å². The molecule has 0 aromatic heterocycles. The summed E-state index contributed by atoms with van der Waals surface area (Å²) in [6.45, 7) is 5.89. The van der Waals surface area contributed by atoms with E-state index in [2.05, 4.69) is 15.5 Å². The van der Waals surface area contributed by atoms with Gasteiger partial charge in [0.15, 0.2) is 5.11 Å². The van der Waals surface area contributed by atoms with E-state index in [-0.39, 0.29) is 17.4 Å². The van der Waals surface area contributed by atoms with Crippen molar-refractivity contribution in [1.29, 1.82) is 0 Å². The molecule has 0 radical (unpaired) electrons. The molecule has 1 aromatic carbocycles. The number of carbonyl (C=O) groups is 1. The third-order valence-electron chi connectivity index (χ3n) is 5.32. The van der Waals surface area contributed by atoms with Crippen LogP contribution in [0.1, 0.15) is 52.9 Å². The summed E-state index contributed by atoms with van der Waals surface area (Å²) in [5.74, 6) is 0.135. The Kier molecular flexibility index (Phi) is 5.78. The largest absolute Gasteiger partial charge is 0.353 e. The quantitative estimate of drug-likeness (QED) is 0.721. The number of nitrogens with one attached hydrogen (secondary N) is 2. The monoisotopic (exact) mass is 393 g/mol. The van der Waals surface area contributed by atoms with Crippen molar-refractivity contribution in [2.45, 2.75) is 71.0 Å². The van der Waals surface area contributed by atoms with E-state index in [1.54, 1.807) is 0 Å². The second-order valence-electron chi connectivity index (χ2n) is 8.47. The van der Waals surface area contributed by atoms with Crippen LogP contribution in [0, 0.1) is 5.41 Å². The summed E-state index contributed by atoms with van der Waals surface area (Å²) >= 11 is 11.7. The first-order valence-electron chi connectivity index (χ1n) is 9.40. The normalized spacial score (nSPS) is 25.5. The number of hydrogen-bond donors (Lipinski definition) is 2. The molecule has 0 unspecified atom stereocenters. The zero-order valence-electron chi connectivity index (χ0n) is 15.7. The minimum atomic E-state index is -0.350. The maximum atomic E-state index is 12.4. The standard InChI is InChI=1S/C20H28ClN3OS/c1-20(2,3)18(25)22-15-11-16-5-4-6-17(12-15)24(16)19(26)23-14-9-7-13(21)8-10-14/h7-10,15-17H,4-6,11-12H2,1-3H3,(H,22,25)(H,23,26)/t16-,17-/m1/s1. The average molecular weight is 394 g/mol. The number of rotatable bonds is 2. The number of anilines is 1. The number of halogens is 1. The minimum absolute atomic E-state index is 0.135. The van der Waals surface area contributed by atoms with E-state index in [1.165, 1.54) is 6.42 Å². The summed E-state index contributed by atoms with van der Waals surface area (Å²) in [5.41, 5.74) is 0.609. The zero-order chi connectivity index (χ0) is 18.9. The fraction of sp³-hybridized carbons (Fsp3) is 0.600. The molecule has 142 valence electrons. The van der Waals surface area contributed by atoms with Gasteiger partial charge < -0.3 is 15.5 Å². The van der Waals surface area contributed by atoms with Gasteiger partial charge in [-0.15, -0.1) is 0 Å². The Balaban J connectivity index is 1.65. The molecule has 26 heavy (non-hydrogen) atoms. The average Bonchev–Trinajstić information content (AvgIpc) is 2.55. The van der Waals surface area contributed by atoms with Crippen LogP contribution in [0.2, 0.25) is 5.02 Å². The van der Waals surface area contributed by atoms with Crippen molar-refractivity contribution in [2.75, 3.05) is 5.32 Å². The van der Waals surface area contributed by atoms with Crippen molar-refractivity contribution in [2.24, 2.45) is 5.41 Å². The summed E-state index contributed by atoms with van der Waals surface area (Å²) in [5, 5.41) is 8.11. The molecule has 1 amide bonds. The van der Waals surface area contributed by atoms with Gasteiger partial charge in [-0.2, -0.15) is 0 Å². The molecule has 0 aliphatic carbocycles. The van der Waals surface area contributed by atoms with Crippen LogP contribution in [0.15, 0.2) is 24.3 Å². The SMILES string of the molecule is CC(C)(C)C(=O)NC1C[C@H]2CCC[C@H](C1)N2C(=S)Nc1ccc(Cl)cc1. The molecule has 0 saturated carbocycles. The predicted octanol–water partition coefficient (Wildman–Crippen LogP) is 4.58. The van der Waals surface area contributed by atoms with Crippen LogP contribution in [-0.4, -0.2) is 34.0 Å². The molecule has 2 N–H and O–H groups in total. The van der Waals surface area contributed by atoms with E-state index in [9.17, 15) is 4.79 Å². The van der Waals surface area contributed by atoms with Gasteiger partial charge in [-0.25, -0.2) is 0 Å². The van der Waals surface area contributed by atoms with Gasteiger partial charge in [-0.1, -0.05) is 32.4 Å². The van der Waals surface area contributed by atoms with E-state index in [4.69, 9.17) is 23.8 Å². The van der Waals surface area contributed by atoms with Gasteiger partial charge in [0, 0.05) is 34.3 Å². The first-order chi connectivity index (χ1) is 12.2. The predicted molar refractivity (Wildman–Crippen MR) is 112 cm³/mol. The lowest BCUT2D eigenvalue weighted by atomic mass is 9.81. The third-order valence-corrected chi connectivity index (χ3v) is 5.89. The van der Waals surface area contributed by atoms with Crippen LogP contribution >= 0.6 is 23.8 Å². The molecule has 2 aliphatic heterocycles. The lowest BCUT2D eigenvalue weighted by molar-refractivity contribution is -0.129. The molecule has 2 saturated heterocycles. The molecule has 2 atom stereocenters. The zero-order valence-corrected chi connectivity index (χ0v) is 17.3. The Hall–Kier alpha value is -1.33. The maximum absolute atomic E-state index is 12.4. The third kappa shape index (κ3) is 4.49. The van der Waals surface area contributed by atoms with Crippen molar-refractivity contribution in [3.05, 3.63) is 29.3 Å². The van der Waals surface area contributed by atoms with E-state index >= 15 is 0 Å². The number of benzene rings is 1. The van der Waals surface area contributed by atoms with Crippen LogP contribution in [0.4, 0.5) is 5.69 Å². The Bertz CT molecular complexity index is 657. The van der Waals surface area contributed by atoms with Crippen molar-refractivity contribution < 1.29 is 4.79 Å². The van der Waals surface area contributed by atoms with E-state index in [1.807, 2.05) is 45.0 Å².